The lowest BCUT2D eigenvalue weighted by molar-refractivity contribution is -0.384. The van der Waals surface area contributed by atoms with E-state index in [1.165, 1.54) is 5.32 Å². The Morgan fingerprint density at radius 1 is 1.20 bits per heavy atom. The highest BCUT2D eigenvalue weighted by molar-refractivity contribution is 6.09. The van der Waals surface area contributed by atoms with Gasteiger partial charge in [-0.05, 0) is 6.07 Å². The molecule has 30 heavy (non-hydrogen) atoms. The predicted molar refractivity (Wildman–Crippen MR) is 93.8 cm³/mol. The molecular formula is C16H12F3N5O6. The quantitative estimate of drug-likeness (QED) is 0.526. The Bertz CT molecular complexity index is 1230. The number of nitro groups is 1. The summed E-state index contributed by atoms with van der Waals surface area (Å²) in [5, 5.41) is 14.2. The highest BCUT2D eigenvalue weighted by Crippen LogP contribution is 2.45. The molecule has 0 saturated carbocycles. The van der Waals surface area contributed by atoms with Crippen LogP contribution in [0.5, 0.6) is 0 Å². The molecule has 1 aromatic carbocycles. The smallest absolute Gasteiger partial charge is 0.326 e. The number of non-ortho nitro benzene ring substituents is 1. The number of hydrogen-bond donors (Lipinski definition) is 2. The maximum absolute atomic E-state index is 14.2. The van der Waals surface area contributed by atoms with Crippen molar-refractivity contribution in [2.24, 2.45) is 14.1 Å². The number of rotatable bonds is 3. The van der Waals surface area contributed by atoms with Crippen LogP contribution < -0.4 is 21.9 Å². The Balaban J connectivity index is 2.25. The first-order valence-corrected chi connectivity index (χ1v) is 8.08. The third-order valence-electron chi connectivity index (χ3n) is 4.66. The Morgan fingerprint density at radius 3 is 2.40 bits per heavy atom. The van der Waals surface area contributed by atoms with E-state index < -0.39 is 62.3 Å². The molecule has 158 valence electrons. The van der Waals surface area contributed by atoms with Gasteiger partial charge in [0.05, 0.1) is 4.92 Å². The average molecular weight is 427 g/mol. The molecule has 1 aliphatic rings. The van der Waals surface area contributed by atoms with Crippen molar-refractivity contribution in [2.45, 2.75) is 11.7 Å². The van der Waals surface area contributed by atoms with Gasteiger partial charge < -0.3 is 10.6 Å². The van der Waals surface area contributed by atoms with Crippen molar-refractivity contribution in [3.05, 3.63) is 66.3 Å². The molecule has 0 unspecified atom stereocenters. The lowest BCUT2D eigenvalue weighted by atomic mass is 9.91. The average Bonchev–Trinajstić information content (AvgIpc) is 2.98. The first-order valence-electron chi connectivity index (χ1n) is 8.08. The molecule has 0 aliphatic carbocycles. The molecule has 14 heteroatoms. The summed E-state index contributed by atoms with van der Waals surface area (Å²) in [6.07, 6.45) is -5.50. The molecule has 2 N–H and O–H groups in total. The number of anilines is 1. The first kappa shape index (κ1) is 20.8. The van der Waals surface area contributed by atoms with Gasteiger partial charge in [0.1, 0.15) is 11.4 Å². The van der Waals surface area contributed by atoms with E-state index in [2.05, 4.69) is 0 Å². The van der Waals surface area contributed by atoms with Crippen molar-refractivity contribution >= 4 is 23.3 Å². The second-order valence-corrected chi connectivity index (χ2v) is 6.39. The summed E-state index contributed by atoms with van der Waals surface area (Å²) in [6.45, 7) is 0. The third-order valence-corrected chi connectivity index (χ3v) is 4.66. The van der Waals surface area contributed by atoms with Crippen LogP contribution in [0.1, 0.15) is 15.9 Å². The molecule has 1 aromatic heterocycles. The van der Waals surface area contributed by atoms with Gasteiger partial charge in [0.15, 0.2) is 0 Å². The summed E-state index contributed by atoms with van der Waals surface area (Å²) in [6, 6.07) is 3.79. The van der Waals surface area contributed by atoms with Crippen molar-refractivity contribution in [3.63, 3.8) is 0 Å². The lowest BCUT2D eigenvalue weighted by Crippen LogP contribution is -2.62. The number of amides is 2. The largest absolute Gasteiger partial charge is 0.425 e. The van der Waals surface area contributed by atoms with Crippen molar-refractivity contribution in [2.75, 3.05) is 5.32 Å². The number of halogens is 3. The highest BCUT2D eigenvalue weighted by atomic mass is 19.4. The number of fused-ring (bicyclic) bond motifs is 1. The molecule has 0 bridgehead atoms. The summed E-state index contributed by atoms with van der Waals surface area (Å²) in [4.78, 5) is 59.5. The summed E-state index contributed by atoms with van der Waals surface area (Å²) in [7, 11) is 1.95. The minimum Gasteiger partial charge on any atom is -0.326 e. The number of carbonyl (C=O) groups excluding carboxylic acids is 2. The standard InChI is InChI=1S/C16H12F3N5O6/c1-22-10-9(12(26)23(2)14(22)28)15(13(27)20-10,16(17,18)19)21-11(25)7-4-3-5-8(6-7)24(29)30/h3-6H,1-2H3,(H,20,27)(H,21,25)/t15-/m0/s1. The van der Waals surface area contributed by atoms with E-state index in [4.69, 9.17) is 0 Å². The van der Waals surface area contributed by atoms with Gasteiger partial charge in [0, 0.05) is 31.8 Å². The Morgan fingerprint density at radius 2 is 1.83 bits per heavy atom. The van der Waals surface area contributed by atoms with Gasteiger partial charge in [0.25, 0.3) is 28.6 Å². The van der Waals surface area contributed by atoms with Gasteiger partial charge >= 0.3 is 11.9 Å². The summed E-state index contributed by atoms with van der Waals surface area (Å²) in [5.74, 6) is -4.01. The van der Waals surface area contributed by atoms with Crippen LogP contribution >= 0.6 is 0 Å². The van der Waals surface area contributed by atoms with Gasteiger partial charge in [-0.1, -0.05) is 6.07 Å². The van der Waals surface area contributed by atoms with E-state index in [1.54, 1.807) is 0 Å². The third kappa shape index (κ3) is 2.75. The van der Waals surface area contributed by atoms with Crippen LogP contribution in [0, 0.1) is 10.1 Å². The molecule has 0 saturated heterocycles. The van der Waals surface area contributed by atoms with Crippen molar-refractivity contribution < 1.29 is 27.7 Å². The normalized spacial score (nSPS) is 18.0. The van der Waals surface area contributed by atoms with Gasteiger partial charge in [0.2, 0.25) is 0 Å². The number of hydrogen-bond acceptors (Lipinski definition) is 6. The predicted octanol–water partition coefficient (Wildman–Crippen LogP) is 0.132. The molecule has 0 spiro atoms. The number of nitrogens with one attached hydrogen (secondary N) is 2. The fraction of sp³-hybridized carbons (Fsp3) is 0.250. The maximum Gasteiger partial charge on any atom is 0.425 e. The van der Waals surface area contributed by atoms with Gasteiger partial charge in [-0.25, -0.2) is 4.79 Å². The zero-order valence-corrected chi connectivity index (χ0v) is 15.2. The van der Waals surface area contributed by atoms with Crippen molar-refractivity contribution in [3.8, 4) is 0 Å². The van der Waals surface area contributed by atoms with E-state index in [0.29, 0.717) is 15.2 Å². The van der Waals surface area contributed by atoms with Gasteiger partial charge in [-0.2, -0.15) is 13.2 Å². The van der Waals surface area contributed by atoms with Crippen LogP contribution in [0.25, 0.3) is 0 Å². The molecule has 0 fully saturated rings. The van der Waals surface area contributed by atoms with E-state index in [9.17, 15) is 42.5 Å². The summed E-state index contributed by atoms with van der Waals surface area (Å²) >= 11 is 0. The minimum atomic E-state index is -5.50. The monoisotopic (exact) mass is 427 g/mol. The number of nitrogens with zero attached hydrogens (tertiary/aromatic N) is 3. The van der Waals surface area contributed by atoms with Crippen LogP contribution in [0.2, 0.25) is 0 Å². The Hall–Kier alpha value is -3.97. The fourth-order valence-corrected chi connectivity index (χ4v) is 3.11. The van der Waals surface area contributed by atoms with Crippen molar-refractivity contribution in [1.29, 1.82) is 0 Å². The molecule has 0 radical (unpaired) electrons. The zero-order valence-electron chi connectivity index (χ0n) is 15.2. The molecule has 1 atom stereocenters. The fourth-order valence-electron chi connectivity index (χ4n) is 3.11. The van der Waals surface area contributed by atoms with Crippen LogP contribution in [0.15, 0.2) is 33.9 Å². The van der Waals surface area contributed by atoms with Crippen LogP contribution in [-0.2, 0) is 24.4 Å². The van der Waals surface area contributed by atoms with E-state index >= 15 is 0 Å². The molecule has 1 aliphatic heterocycles. The van der Waals surface area contributed by atoms with Crippen molar-refractivity contribution in [1.82, 2.24) is 14.5 Å². The molecule has 2 aromatic rings. The number of alkyl halides is 3. The number of benzene rings is 1. The molecular weight excluding hydrogens is 415 g/mol. The highest BCUT2D eigenvalue weighted by Gasteiger charge is 2.68. The number of aromatic nitrogens is 2. The van der Waals surface area contributed by atoms with E-state index in [1.807, 2.05) is 5.32 Å². The van der Waals surface area contributed by atoms with Gasteiger partial charge in [-0.3, -0.25) is 33.6 Å². The van der Waals surface area contributed by atoms with E-state index in [-0.39, 0.29) is 0 Å². The second-order valence-electron chi connectivity index (χ2n) is 6.39. The molecule has 2 amide bonds. The lowest BCUT2D eigenvalue weighted by Gasteiger charge is -2.30. The Kier molecular flexibility index (Phi) is 4.52. The van der Waals surface area contributed by atoms with Crippen LogP contribution in [-0.4, -0.2) is 32.0 Å². The molecule has 2 heterocycles. The van der Waals surface area contributed by atoms with Crippen LogP contribution in [0.3, 0.4) is 0 Å². The van der Waals surface area contributed by atoms with Gasteiger partial charge in [-0.15, -0.1) is 0 Å². The summed E-state index contributed by atoms with van der Waals surface area (Å²) < 4.78 is 43.4. The van der Waals surface area contributed by atoms with E-state index in [0.717, 1.165) is 32.3 Å². The topological polar surface area (TPSA) is 145 Å². The molecule has 11 nitrogen and oxygen atoms in total. The van der Waals surface area contributed by atoms with Crippen LogP contribution in [0.4, 0.5) is 24.7 Å². The Labute approximate surface area is 163 Å². The molecule has 3 rings (SSSR count). The minimum absolute atomic E-state index is 0.360. The summed E-state index contributed by atoms with van der Waals surface area (Å²) in [5.41, 5.74) is -8.56. The second kappa shape index (κ2) is 6.53. The number of nitro benzene ring substituents is 1. The SMILES string of the molecule is Cn1c2c(c(=O)n(C)c1=O)[C@@](NC(=O)c1cccc([N+](=O)[O-])c1)(C(F)(F)F)C(=O)N2. The number of carbonyl (C=O) groups is 2. The first-order chi connectivity index (χ1) is 13.8. The zero-order chi connectivity index (χ0) is 22.6. The maximum atomic E-state index is 14.2.